The number of carbonyl (C=O) groups is 1. The van der Waals surface area contributed by atoms with E-state index >= 15 is 0 Å². The quantitative estimate of drug-likeness (QED) is 0.841. The zero-order valence-corrected chi connectivity index (χ0v) is 12.5. The molecule has 19 heavy (non-hydrogen) atoms. The predicted octanol–water partition coefficient (Wildman–Crippen LogP) is 3.32. The summed E-state index contributed by atoms with van der Waals surface area (Å²) in [7, 11) is 0. The van der Waals surface area contributed by atoms with Crippen molar-refractivity contribution >= 4 is 46.3 Å². The fraction of sp³-hybridized carbons (Fsp3) is 0.385. The molecule has 1 aromatic rings. The molecule has 2 rings (SSSR count). The molecule has 0 heterocycles. The molecule has 0 bridgehead atoms. The molecule has 1 amide bonds. The van der Waals surface area contributed by atoms with Gasteiger partial charge in [0.1, 0.15) is 0 Å². The summed E-state index contributed by atoms with van der Waals surface area (Å²) in [5, 5.41) is 3.53. The summed E-state index contributed by atoms with van der Waals surface area (Å²) in [5.74, 6) is -0.290. The van der Waals surface area contributed by atoms with Crippen molar-refractivity contribution in [3.63, 3.8) is 0 Å². The molecule has 0 saturated heterocycles. The first-order chi connectivity index (χ1) is 8.96. The Morgan fingerprint density at radius 2 is 1.95 bits per heavy atom. The Kier molecular flexibility index (Phi) is 4.33. The molecule has 0 radical (unpaired) electrons. The van der Waals surface area contributed by atoms with E-state index in [1.807, 2.05) is 0 Å². The van der Waals surface area contributed by atoms with Gasteiger partial charge in [0.05, 0.1) is 26.1 Å². The van der Waals surface area contributed by atoms with E-state index in [1.165, 1.54) is 0 Å². The molecule has 0 spiro atoms. The molecular weight excluding hydrogens is 303 g/mol. The fourth-order valence-electron chi connectivity index (χ4n) is 2.38. The lowest BCUT2D eigenvalue weighted by Gasteiger charge is -2.29. The molecule has 3 N–H and O–H groups in total. The molecule has 0 atom stereocenters. The van der Waals surface area contributed by atoms with Crippen molar-refractivity contribution < 1.29 is 4.79 Å². The van der Waals surface area contributed by atoms with Crippen LogP contribution in [0.3, 0.4) is 0 Å². The minimum atomic E-state index is -0.585. The second kappa shape index (κ2) is 5.65. The van der Waals surface area contributed by atoms with E-state index in [1.54, 1.807) is 18.2 Å². The van der Waals surface area contributed by atoms with Gasteiger partial charge < -0.3 is 11.1 Å². The normalized spacial score (nSPS) is 17.2. The molecule has 6 heteroatoms. The van der Waals surface area contributed by atoms with Crippen LogP contribution >= 0.6 is 35.4 Å². The lowest BCUT2D eigenvalue weighted by molar-refractivity contribution is 0.0924. The Labute approximate surface area is 127 Å². The van der Waals surface area contributed by atoms with Gasteiger partial charge >= 0.3 is 0 Å². The average Bonchev–Trinajstić information content (AvgIpc) is 2.82. The largest absolute Gasteiger partial charge is 0.391 e. The summed E-state index contributed by atoms with van der Waals surface area (Å²) >= 11 is 17.0. The van der Waals surface area contributed by atoms with Crippen molar-refractivity contribution in [3.8, 4) is 0 Å². The number of carbonyl (C=O) groups excluding carboxylic acids is 1. The van der Waals surface area contributed by atoms with Crippen LogP contribution in [0.2, 0.25) is 10.0 Å². The highest BCUT2D eigenvalue weighted by Gasteiger charge is 2.38. The lowest BCUT2D eigenvalue weighted by atomic mass is 9.97. The van der Waals surface area contributed by atoms with Crippen molar-refractivity contribution in [2.24, 2.45) is 5.73 Å². The number of hydrogen-bond donors (Lipinski definition) is 2. The van der Waals surface area contributed by atoms with E-state index in [0.29, 0.717) is 15.6 Å². The maximum atomic E-state index is 12.3. The summed E-state index contributed by atoms with van der Waals surface area (Å²) in [4.78, 5) is 12.6. The maximum Gasteiger partial charge on any atom is 0.253 e. The summed E-state index contributed by atoms with van der Waals surface area (Å²) < 4.78 is 0. The maximum absolute atomic E-state index is 12.3. The molecule has 0 aromatic heterocycles. The summed E-state index contributed by atoms with van der Waals surface area (Å²) in [5.41, 5.74) is 5.54. The first-order valence-electron chi connectivity index (χ1n) is 6.03. The van der Waals surface area contributed by atoms with Crippen molar-refractivity contribution in [3.05, 3.63) is 33.8 Å². The van der Waals surface area contributed by atoms with Gasteiger partial charge in [0.2, 0.25) is 0 Å². The Hall–Kier alpha value is -0.840. The molecular formula is C13H14Cl2N2OS. The van der Waals surface area contributed by atoms with Crippen molar-refractivity contribution in [1.82, 2.24) is 5.32 Å². The molecule has 1 aromatic carbocycles. The van der Waals surface area contributed by atoms with Crippen LogP contribution in [0.15, 0.2) is 18.2 Å². The predicted molar refractivity (Wildman–Crippen MR) is 81.9 cm³/mol. The molecule has 1 aliphatic carbocycles. The Morgan fingerprint density at radius 1 is 1.32 bits per heavy atom. The third kappa shape index (κ3) is 2.86. The number of rotatable bonds is 3. The summed E-state index contributed by atoms with van der Waals surface area (Å²) in [6.45, 7) is 0. The Morgan fingerprint density at radius 3 is 2.53 bits per heavy atom. The third-order valence-corrected chi connectivity index (χ3v) is 4.69. The van der Waals surface area contributed by atoms with Crippen LogP contribution in [0.5, 0.6) is 0 Å². The van der Waals surface area contributed by atoms with Gasteiger partial charge in [0, 0.05) is 0 Å². The topological polar surface area (TPSA) is 55.1 Å². The minimum absolute atomic E-state index is 0.248. The van der Waals surface area contributed by atoms with Crippen LogP contribution in [0.1, 0.15) is 36.0 Å². The third-order valence-electron chi connectivity index (χ3n) is 3.48. The van der Waals surface area contributed by atoms with Gasteiger partial charge in [-0.2, -0.15) is 0 Å². The zero-order chi connectivity index (χ0) is 14.0. The second-order valence-corrected chi connectivity index (χ2v) is 5.93. The minimum Gasteiger partial charge on any atom is -0.391 e. The van der Waals surface area contributed by atoms with Crippen LogP contribution in [-0.4, -0.2) is 16.4 Å². The first-order valence-corrected chi connectivity index (χ1v) is 7.19. The summed E-state index contributed by atoms with van der Waals surface area (Å²) in [6.07, 6.45) is 3.54. The lowest BCUT2D eigenvalue weighted by Crippen LogP contribution is -2.54. The van der Waals surface area contributed by atoms with Crippen LogP contribution in [0.25, 0.3) is 0 Å². The number of thiocarbonyl (C=S) groups is 1. The van der Waals surface area contributed by atoms with Gasteiger partial charge in [-0.25, -0.2) is 0 Å². The van der Waals surface area contributed by atoms with E-state index in [2.05, 4.69) is 5.32 Å². The monoisotopic (exact) mass is 316 g/mol. The second-order valence-electron chi connectivity index (χ2n) is 4.71. The van der Waals surface area contributed by atoms with Crippen LogP contribution in [0, 0.1) is 0 Å². The molecule has 1 fully saturated rings. The zero-order valence-electron chi connectivity index (χ0n) is 10.2. The van der Waals surface area contributed by atoms with E-state index in [0.717, 1.165) is 25.7 Å². The van der Waals surface area contributed by atoms with E-state index in [4.69, 9.17) is 41.2 Å². The van der Waals surface area contributed by atoms with Crippen molar-refractivity contribution in [1.29, 1.82) is 0 Å². The van der Waals surface area contributed by atoms with Gasteiger partial charge in [-0.3, -0.25) is 4.79 Å². The number of hydrogen-bond acceptors (Lipinski definition) is 2. The van der Waals surface area contributed by atoms with Gasteiger partial charge in [-0.05, 0) is 25.0 Å². The molecule has 3 nitrogen and oxygen atoms in total. The highest BCUT2D eigenvalue weighted by atomic mass is 35.5. The van der Waals surface area contributed by atoms with Crippen LogP contribution in [0.4, 0.5) is 0 Å². The highest BCUT2D eigenvalue weighted by molar-refractivity contribution is 7.80. The standard InChI is InChI=1S/C13H14Cl2N2OS/c14-9-5-3-4-8(10(9)15)11(18)17-13(12(16)19)6-1-2-7-13/h3-5H,1-2,6-7H2,(H2,16,19)(H,17,18). The number of amides is 1. The van der Waals surface area contributed by atoms with Gasteiger partial charge in [0.15, 0.2) is 0 Å². The van der Waals surface area contributed by atoms with Gasteiger partial charge in [0.25, 0.3) is 5.91 Å². The highest BCUT2D eigenvalue weighted by Crippen LogP contribution is 2.31. The number of nitrogens with two attached hydrogens (primary N) is 1. The fourth-order valence-corrected chi connectivity index (χ4v) is 3.02. The Balaban J connectivity index is 2.25. The SMILES string of the molecule is NC(=S)C1(NC(=O)c2cccc(Cl)c2Cl)CCCC1. The van der Waals surface area contributed by atoms with E-state index < -0.39 is 5.54 Å². The molecule has 102 valence electrons. The number of benzene rings is 1. The van der Waals surface area contributed by atoms with Crippen molar-refractivity contribution in [2.75, 3.05) is 0 Å². The van der Waals surface area contributed by atoms with Crippen LogP contribution < -0.4 is 11.1 Å². The molecule has 1 aliphatic rings. The van der Waals surface area contributed by atoms with E-state index in [9.17, 15) is 4.79 Å². The first kappa shape index (κ1) is 14.6. The van der Waals surface area contributed by atoms with Crippen molar-refractivity contribution in [2.45, 2.75) is 31.2 Å². The number of nitrogens with one attached hydrogen (secondary N) is 1. The number of halogens is 2. The summed E-state index contributed by atoms with van der Waals surface area (Å²) in [6, 6.07) is 4.95. The smallest absolute Gasteiger partial charge is 0.253 e. The van der Waals surface area contributed by atoms with Gasteiger partial charge in [-0.1, -0.05) is 54.3 Å². The molecule has 1 saturated carbocycles. The molecule has 0 aliphatic heterocycles. The van der Waals surface area contributed by atoms with Gasteiger partial charge in [-0.15, -0.1) is 0 Å². The Bertz CT molecular complexity index is 527. The molecule has 0 unspecified atom stereocenters. The van der Waals surface area contributed by atoms with E-state index in [-0.39, 0.29) is 10.9 Å². The average molecular weight is 317 g/mol. The van der Waals surface area contributed by atoms with Crippen LogP contribution in [-0.2, 0) is 0 Å².